The standard InChI is InChI=1S/C14H14Cl3NO2S/c1-9-2-6-12(7-3-9)21(19,20)18-11-5-4-10(8-11)13(18)14(15,16)17/h2-7,10-11,13H,8H2,1H3/t10-,11+,13+/m0/s1. The molecule has 7 heteroatoms. The summed E-state index contributed by atoms with van der Waals surface area (Å²) >= 11 is 18.1. The number of halogens is 3. The van der Waals surface area contributed by atoms with Crippen molar-refractivity contribution in [2.75, 3.05) is 0 Å². The molecular weight excluding hydrogens is 353 g/mol. The zero-order valence-corrected chi connectivity index (χ0v) is 14.3. The molecule has 1 aromatic carbocycles. The van der Waals surface area contributed by atoms with Crippen LogP contribution in [-0.4, -0.2) is 28.6 Å². The highest BCUT2D eigenvalue weighted by atomic mass is 35.6. The average Bonchev–Trinajstić information content (AvgIpc) is 2.98. The van der Waals surface area contributed by atoms with Crippen molar-refractivity contribution < 1.29 is 8.42 Å². The third kappa shape index (κ3) is 2.62. The van der Waals surface area contributed by atoms with E-state index >= 15 is 0 Å². The van der Waals surface area contributed by atoms with E-state index in [0.29, 0.717) is 6.42 Å². The predicted molar refractivity (Wildman–Crippen MR) is 85.3 cm³/mol. The number of nitrogens with zero attached hydrogens (tertiary/aromatic N) is 1. The lowest BCUT2D eigenvalue weighted by molar-refractivity contribution is 0.327. The number of hydrogen-bond acceptors (Lipinski definition) is 2. The topological polar surface area (TPSA) is 37.4 Å². The molecule has 3 atom stereocenters. The molecule has 1 heterocycles. The van der Waals surface area contributed by atoms with Gasteiger partial charge in [-0.15, -0.1) is 0 Å². The number of fused-ring (bicyclic) bond motifs is 2. The molecule has 2 aliphatic rings. The molecule has 0 unspecified atom stereocenters. The first-order valence-electron chi connectivity index (χ1n) is 6.56. The predicted octanol–water partition coefficient (Wildman–Crippen LogP) is 3.68. The molecule has 3 nitrogen and oxygen atoms in total. The van der Waals surface area contributed by atoms with Gasteiger partial charge in [0.1, 0.15) is 0 Å². The Labute approximate surface area is 139 Å². The average molecular weight is 367 g/mol. The molecule has 21 heavy (non-hydrogen) atoms. The minimum absolute atomic E-state index is 0.0530. The number of hydrogen-bond donors (Lipinski definition) is 0. The Balaban J connectivity index is 2.05. The summed E-state index contributed by atoms with van der Waals surface area (Å²) in [5.41, 5.74) is 0.995. The summed E-state index contributed by atoms with van der Waals surface area (Å²) in [7, 11) is -3.69. The molecule has 0 N–H and O–H groups in total. The highest BCUT2D eigenvalue weighted by Gasteiger charge is 2.56. The van der Waals surface area contributed by atoms with Gasteiger partial charge in [0.25, 0.3) is 0 Å². The molecule has 0 spiro atoms. The van der Waals surface area contributed by atoms with E-state index in [-0.39, 0.29) is 16.9 Å². The zero-order chi connectivity index (χ0) is 15.4. The molecule has 1 fully saturated rings. The van der Waals surface area contributed by atoms with E-state index in [0.717, 1.165) is 5.56 Å². The number of alkyl halides is 3. The van der Waals surface area contributed by atoms with Crippen LogP contribution in [0.1, 0.15) is 12.0 Å². The summed E-state index contributed by atoms with van der Waals surface area (Å²) in [6, 6.07) is 5.82. The lowest BCUT2D eigenvalue weighted by atomic mass is 10.0. The first-order valence-corrected chi connectivity index (χ1v) is 9.14. The van der Waals surface area contributed by atoms with Crippen LogP contribution in [0.5, 0.6) is 0 Å². The number of rotatable bonds is 2. The second kappa shape index (κ2) is 5.14. The minimum Gasteiger partial charge on any atom is -0.207 e. The van der Waals surface area contributed by atoms with Gasteiger partial charge >= 0.3 is 0 Å². The Morgan fingerprint density at radius 2 is 1.76 bits per heavy atom. The maximum atomic E-state index is 12.9. The number of benzene rings is 1. The highest BCUT2D eigenvalue weighted by molar-refractivity contribution is 7.89. The van der Waals surface area contributed by atoms with Gasteiger partial charge in [-0.2, -0.15) is 4.31 Å². The summed E-state index contributed by atoms with van der Waals surface area (Å²) in [5, 5.41) is 0. The normalized spacial score (nSPS) is 29.2. The van der Waals surface area contributed by atoms with Crippen LogP contribution in [0.25, 0.3) is 0 Å². The fourth-order valence-corrected chi connectivity index (χ4v) is 5.90. The second-order valence-electron chi connectivity index (χ2n) is 5.49. The summed E-state index contributed by atoms with van der Waals surface area (Å²) in [4.78, 5) is 0.230. The van der Waals surface area contributed by atoms with Crippen LogP contribution in [0.4, 0.5) is 0 Å². The molecule has 1 aliphatic carbocycles. The van der Waals surface area contributed by atoms with Crippen LogP contribution in [0.3, 0.4) is 0 Å². The van der Waals surface area contributed by atoms with Crippen LogP contribution in [0.15, 0.2) is 41.3 Å². The molecule has 0 aromatic heterocycles. The van der Waals surface area contributed by atoms with Crippen LogP contribution in [-0.2, 0) is 10.0 Å². The maximum Gasteiger partial charge on any atom is 0.244 e. The quantitative estimate of drug-likeness (QED) is 0.591. The first kappa shape index (κ1) is 15.6. The lowest BCUT2D eigenvalue weighted by Gasteiger charge is -2.35. The van der Waals surface area contributed by atoms with Gasteiger partial charge in [0.05, 0.1) is 10.9 Å². The molecule has 1 saturated heterocycles. The van der Waals surface area contributed by atoms with E-state index in [1.807, 2.05) is 19.1 Å². The lowest BCUT2D eigenvalue weighted by Crippen LogP contribution is -2.49. The van der Waals surface area contributed by atoms with Crippen LogP contribution < -0.4 is 0 Å². The number of aryl methyl sites for hydroxylation is 1. The summed E-state index contributed by atoms with van der Waals surface area (Å²) < 4.78 is 25.5. The molecule has 3 rings (SSSR count). The van der Waals surface area contributed by atoms with Crippen molar-refractivity contribution in [1.29, 1.82) is 0 Å². The minimum atomic E-state index is -3.69. The summed E-state index contributed by atoms with van der Waals surface area (Å²) in [6.07, 6.45) is 4.49. The largest absolute Gasteiger partial charge is 0.244 e. The van der Waals surface area contributed by atoms with E-state index in [1.54, 1.807) is 24.3 Å². The first-order chi connectivity index (χ1) is 9.71. The van der Waals surface area contributed by atoms with Gasteiger partial charge in [0, 0.05) is 6.04 Å². The fraction of sp³-hybridized carbons (Fsp3) is 0.429. The van der Waals surface area contributed by atoms with Crippen molar-refractivity contribution in [1.82, 2.24) is 4.31 Å². The Bertz CT molecular complexity index is 679. The van der Waals surface area contributed by atoms with Gasteiger partial charge in [-0.1, -0.05) is 64.7 Å². The Morgan fingerprint density at radius 3 is 2.33 bits per heavy atom. The number of sulfonamides is 1. The molecule has 0 amide bonds. The molecule has 0 saturated carbocycles. The van der Waals surface area contributed by atoms with E-state index in [2.05, 4.69) is 0 Å². The SMILES string of the molecule is Cc1ccc(S(=O)(=O)N2[C@@H]3C=C[C@@H](C3)[C@@H]2C(Cl)(Cl)Cl)cc1. The molecular formula is C14H14Cl3NO2S. The molecule has 0 radical (unpaired) electrons. The van der Waals surface area contributed by atoms with Crippen LogP contribution in [0.2, 0.25) is 0 Å². The summed E-state index contributed by atoms with van der Waals surface area (Å²) in [5.74, 6) is -0.0530. The Kier molecular flexibility index (Phi) is 3.82. The van der Waals surface area contributed by atoms with Gasteiger partial charge < -0.3 is 0 Å². The molecule has 2 bridgehead atoms. The summed E-state index contributed by atoms with van der Waals surface area (Å²) in [6.45, 7) is 1.90. The van der Waals surface area contributed by atoms with E-state index in [4.69, 9.17) is 34.8 Å². The van der Waals surface area contributed by atoms with Crippen molar-refractivity contribution in [3.63, 3.8) is 0 Å². The van der Waals surface area contributed by atoms with E-state index < -0.39 is 19.9 Å². The molecule has 1 aliphatic heterocycles. The third-order valence-corrected chi connectivity index (χ3v) is 6.62. The van der Waals surface area contributed by atoms with Crippen molar-refractivity contribution >= 4 is 44.8 Å². The fourth-order valence-electron chi connectivity index (χ4n) is 3.07. The van der Waals surface area contributed by atoms with Crippen LogP contribution in [0, 0.1) is 12.8 Å². The van der Waals surface area contributed by atoms with Crippen molar-refractivity contribution in [2.24, 2.45) is 5.92 Å². The van der Waals surface area contributed by atoms with E-state index in [1.165, 1.54) is 4.31 Å². The van der Waals surface area contributed by atoms with E-state index in [9.17, 15) is 8.42 Å². The molecule has 1 aromatic rings. The van der Waals surface area contributed by atoms with Crippen molar-refractivity contribution in [2.45, 2.75) is 34.1 Å². The smallest absolute Gasteiger partial charge is 0.207 e. The Hall–Kier alpha value is -0.260. The van der Waals surface area contributed by atoms with Gasteiger partial charge in [0.15, 0.2) is 0 Å². The third-order valence-electron chi connectivity index (χ3n) is 4.03. The van der Waals surface area contributed by atoms with Crippen LogP contribution >= 0.6 is 34.8 Å². The Morgan fingerprint density at radius 1 is 1.14 bits per heavy atom. The van der Waals surface area contributed by atoms with Crippen molar-refractivity contribution in [3.05, 3.63) is 42.0 Å². The second-order valence-corrected chi connectivity index (χ2v) is 9.70. The molecule has 114 valence electrons. The maximum absolute atomic E-state index is 12.9. The van der Waals surface area contributed by atoms with Crippen molar-refractivity contribution in [3.8, 4) is 0 Å². The zero-order valence-electron chi connectivity index (χ0n) is 11.2. The monoisotopic (exact) mass is 365 g/mol. The van der Waals surface area contributed by atoms with Gasteiger partial charge in [-0.25, -0.2) is 8.42 Å². The van der Waals surface area contributed by atoms with Gasteiger partial charge in [-0.05, 0) is 31.4 Å². The van der Waals surface area contributed by atoms with Gasteiger partial charge in [0.2, 0.25) is 13.8 Å². The highest BCUT2D eigenvalue weighted by Crippen LogP contribution is 2.50. The van der Waals surface area contributed by atoms with Gasteiger partial charge in [-0.3, -0.25) is 0 Å².